The van der Waals surface area contributed by atoms with E-state index in [-0.39, 0.29) is 6.04 Å². The third-order valence-electron chi connectivity index (χ3n) is 2.58. The van der Waals surface area contributed by atoms with E-state index in [9.17, 15) is 0 Å². The Bertz CT molecular complexity index is 484. The second kappa shape index (κ2) is 5.43. The summed E-state index contributed by atoms with van der Waals surface area (Å²) in [5, 5.41) is 8.24. The van der Waals surface area contributed by atoms with Crippen molar-refractivity contribution in [3.63, 3.8) is 0 Å². The van der Waals surface area contributed by atoms with Gasteiger partial charge in [0.1, 0.15) is 5.75 Å². The molecule has 0 aliphatic rings. The Morgan fingerprint density at radius 2 is 2.18 bits per heavy atom. The SMILES string of the molecule is COc1ccc(NC(C)c2ccsc2)cc1Cl. The van der Waals surface area contributed by atoms with E-state index in [1.165, 1.54) is 5.56 Å². The van der Waals surface area contributed by atoms with Gasteiger partial charge in [0.05, 0.1) is 12.1 Å². The predicted molar refractivity (Wildman–Crippen MR) is 74.4 cm³/mol. The molecule has 1 N–H and O–H groups in total. The Balaban J connectivity index is 2.11. The first-order chi connectivity index (χ1) is 8.20. The average molecular weight is 268 g/mol. The van der Waals surface area contributed by atoms with Crippen LogP contribution < -0.4 is 10.1 Å². The number of hydrogen-bond donors (Lipinski definition) is 1. The van der Waals surface area contributed by atoms with Crippen LogP contribution in [0.25, 0.3) is 0 Å². The summed E-state index contributed by atoms with van der Waals surface area (Å²) in [7, 11) is 1.61. The number of rotatable bonds is 4. The van der Waals surface area contributed by atoms with Crippen LogP contribution >= 0.6 is 22.9 Å². The van der Waals surface area contributed by atoms with Gasteiger partial charge in [-0.1, -0.05) is 11.6 Å². The summed E-state index contributed by atoms with van der Waals surface area (Å²) >= 11 is 7.78. The van der Waals surface area contributed by atoms with E-state index in [2.05, 4.69) is 29.1 Å². The summed E-state index contributed by atoms with van der Waals surface area (Å²) < 4.78 is 5.12. The molecule has 0 radical (unpaired) electrons. The fourth-order valence-electron chi connectivity index (χ4n) is 1.61. The molecule has 0 saturated carbocycles. The van der Waals surface area contributed by atoms with Gasteiger partial charge in [-0.25, -0.2) is 0 Å². The Labute approximate surface area is 110 Å². The van der Waals surface area contributed by atoms with Crippen molar-refractivity contribution in [2.45, 2.75) is 13.0 Å². The van der Waals surface area contributed by atoms with Gasteiger partial charge >= 0.3 is 0 Å². The van der Waals surface area contributed by atoms with E-state index < -0.39 is 0 Å². The first kappa shape index (κ1) is 12.3. The zero-order valence-corrected chi connectivity index (χ0v) is 11.3. The molecule has 2 aromatic rings. The van der Waals surface area contributed by atoms with Crippen molar-refractivity contribution in [1.82, 2.24) is 0 Å². The smallest absolute Gasteiger partial charge is 0.137 e. The van der Waals surface area contributed by atoms with Gasteiger partial charge in [-0.05, 0) is 47.5 Å². The number of nitrogens with one attached hydrogen (secondary N) is 1. The molecule has 4 heteroatoms. The van der Waals surface area contributed by atoms with Crippen LogP contribution in [-0.2, 0) is 0 Å². The summed E-state index contributed by atoms with van der Waals surface area (Å²) in [5.74, 6) is 0.695. The molecule has 1 aromatic heterocycles. The van der Waals surface area contributed by atoms with Gasteiger partial charge in [0.2, 0.25) is 0 Å². The monoisotopic (exact) mass is 267 g/mol. The van der Waals surface area contributed by atoms with E-state index in [1.807, 2.05) is 18.2 Å². The van der Waals surface area contributed by atoms with Gasteiger partial charge in [-0.2, -0.15) is 11.3 Å². The Morgan fingerprint density at radius 3 is 2.76 bits per heavy atom. The van der Waals surface area contributed by atoms with E-state index >= 15 is 0 Å². The highest BCUT2D eigenvalue weighted by Gasteiger charge is 2.07. The molecule has 2 rings (SSSR count). The zero-order valence-electron chi connectivity index (χ0n) is 9.74. The van der Waals surface area contributed by atoms with E-state index in [1.54, 1.807) is 18.4 Å². The number of halogens is 1. The Hall–Kier alpha value is -1.19. The third kappa shape index (κ3) is 2.93. The highest BCUT2D eigenvalue weighted by Crippen LogP contribution is 2.29. The lowest BCUT2D eigenvalue weighted by molar-refractivity contribution is 0.415. The number of hydrogen-bond acceptors (Lipinski definition) is 3. The Morgan fingerprint density at radius 1 is 1.35 bits per heavy atom. The molecule has 1 aromatic carbocycles. The van der Waals surface area contributed by atoms with Crippen molar-refractivity contribution >= 4 is 28.6 Å². The van der Waals surface area contributed by atoms with Crippen LogP contribution in [0.1, 0.15) is 18.5 Å². The fraction of sp³-hybridized carbons (Fsp3) is 0.231. The molecule has 0 saturated heterocycles. The van der Waals surface area contributed by atoms with Crippen LogP contribution in [0.4, 0.5) is 5.69 Å². The molecule has 0 aliphatic carbocycles. The normalized spacial score (nSPS) is 12.2. The van der Waals surface area contributed by atoms with E-state index in [0.717, 1.165) is 5.69 Å². The molecule has 17 heavy (non-hydrogen) atoms. The van der Waals surface area contributed by atoms with Crippen LogP contribution in [0, 0.1) is 0 Å². The van der Waals surface area contributed by atoms with Crippen molar-refractivity contribution in [3.8, 4) is 5.75 Å². The molecule has 0 bridgehead atoms. The minimum absolute atomic E-state index is 0.269. The first-order valence-corrected chi connectivity index (χ1v) is 6.65. The van der Waals surface area contributed by atoms with Crippen molar-refractivity contribution in [1.29, 1.82) is 0 Å². The molecule has 90 valence electrons. The fourth-order valence-corrected chi connectivity index (χ4v) is 2.62. The van der Waals surface area contributed by atoms with Gasteiger partial charge in [0.15, 0.2) is 0 Å². The lowest BCUT2D eigenvalue weighted by Gasteiger charge is -2.15. The van der Waals surface area contributed by atoms with Crippen molar-refractivity contribution in [3.05, 3.63) is 45.6 Å². The van der Waals surface area contributed by atoms with Crippen molar-refractivity contribution < 1.29 is 4.74 Å². The maximum atomic E-state index is 6.07. The van der Waals surface area contributed by atoms with Crippen molar-refractivity contribution in [2.75, 3.05) is 12.4 Å². The minimum Gasteiger partial charge on any atom is -0.495 e. The van der Waals surface area contributed by atoms with Gasteiger partial charge in [0.25, 0.3) is 0 Å². The zero-order chi connectivity index (χ0) is 12.3. The summed E-state index contributed by atoms with van der Waals surface area (Å²) in [5.41, 5.74) is 2.27. The molecule has 1 unspecified atom stereocenters. The van der Waals surface area contributed by atoms with E-state index in [4.69, 9.17) is 16.3 Å². The third-order valence-corrected chi connectivity index (χ3v) is 3.57. The molecular weight excluding hydrogens is 254 g/mol. The minimum atomic E-state index is 0.269. The highest BCUT2D eigenvalue weighted by atomic mass is 35.5. The van der Waals surface area contributed by atoms with Crippen LogP contribution in [0.3, 0.4) is 0 Å². The van der Waals surface area contributed by atoms with Gasteiger partial charge in [-0.3, -0.25) is 0 Å². The van der Waals surface area contributed by atoms with Gasteiger partial charge in [-0.15, -0.1) is 0 Å². The average Bonchev–Trinajstić information content (AvgIpc) is 2.82. The molecule has 2 nitrogen and oxygen atoms in total. The van der Waals surface area contributed by atoms with Crippen LogP contribution in [-0.4, -0.2) is 7.11 Å². The van der Waals surface area contributed by atoms with Crippen LogP contribution in [0.15, 0.2) is 35.0 Å². The predicted octanol–water partition coefficient (Wildman–Crippen LogP) is 4.58. The topological polar surface area (TPSA) is 21.3 Å². The number of benzene rings is 1. The number of thiophene rings is 1. The summed E-state index contributed by atoms with van der Waals surface area (Å²) in [4.78, 5) is 0. The van der Waals surface area contributed by atoms with Gasteiger partial charge in [0, 0.05) is 11.7 Å². The molecule has 1 atom stereocenters. The largest absolute Gasteiger partial charge is 0.495 e. The second-order valence-corrected chi connectivity index (χ2v) is 4.96. The van der Waals surface area contributed by atoms with Gasteiger partial charge < -0.3 is 10.1 Å². The lowest BCUT2D eigenvalue weighted by Crippen LogP contribution is -2.05. The van der Waals surface area contributed by atoms with Crippen LogP contribution in [0.5, 0.6) is 5.75 Å². The summed E-state index contributed by atoms with van der Waals surface area (Å²) in [6.45, 7) is 2.13. The van der Waals surface area contributed by atoms with Crippen molar-refractivity contribution in [2.24, 2.45) is 0 Å². The molecule has 0 amide bonds. The summed E-state index contributed by atoms with van der Waals surface area (Å²) in [6, 6.07) is 8.10. The molecule has 1 heterocycles. The number of ether oxygens (including phenoxy) is 1. The standard InChI is InChI=1S/C13H14ClNOS/c1-9(10-5-6-17-8-10)15-11-3-4-13(16-2)12(14)7-11/h3-9,15H,1-2H3. The number of methoxy groups -OCH3 is 1. The summed E-state index contributed by atoms with van der Waals surface area (Å²) in [6.07, 6.45) is 0. The Kier molecular flexibility index (Phi) is 3.92. The highest BCUT2D eigenvalue weighted by molar-refractivity contribution is 7.07. The quantitative estimate of drug-likeness (QED) is 0.875. The van der Waals surface area contributed by atoms with Crippen LogP contribution in [0.2, 0.25) is 5.02 Å². The molecule has 0 spiro atoms. The molecule has 0 fully saturated rings. The lowest BCUT2D eigenvalue weighted by atomic mass is 10.1. The maximum absolute atomic E-state index is 6.07. The number of anilines is 1. The molecule has 0 aliphatic heterocycles. The second-order valence-electron chi connectivity index (χ2n) is 3.77. The maximum Gasteiger partial charge on any atom is 0.137 e. The van der Waals surface area contributed by atoms with E-state index in [0.29, 0.717) is 10.8 Å². The first-order valence-electron chi connectivity index (χ1n) is 5.33. The molecular formula is C13H14ClNOS.